The molecule has 0 saturated carbocycles. The second-order valence-corrected chi connectivity index (χ2v) is 10.7. The van der Waals surface area contributed by atoms with E-state index in [4.69, 9.17) is 23.7 Å². The fourth-order valence-corrected chi connectivity index (χ4v) is 5.30. The van der Waals surface area contributed by atoms with Crippen LogP contribution in [0, 0.1) is 0 Å². The van der Waals surface area contributed by atoms with E-state index in [1.54, 1.807) is 0 Å². The van der Waals surface area contributed by atoms with Crippen molar-refractivity contribution < 1.29 is 79.9 Å². The highest BCUT2D eigenvalue weighted by molar-refractivity contribution is 5.52. The Morgan fingerprint density at radius 1 is 0.698 bits per heavy atom. The molecule has 3 aliphatic rings. The van der Waals surface area contributed by atoms with Crippen molar-refractivity contribution in [2.75, 3.05) is 13.2 Å². The zero-order valence-corrected chi connectivity index (χ0v) is 22.4. The lowest BCUT2D eigenvalue weighted by atomic mass is 9.93. The van der Waals surface area contributed by atoms with Crippen molar-refractivity contribution in [2.45, 2.75) is 80.0 Å². The van der Waals surface area contributed by atoms with E-state index in [-0.39, 0.29) is 29.2 Å². The first-order chi connectivity index (χ1) is 20.4. The Hall–Kier alpha value is -3.00. The Morgan fingerprint density at radius 2 is 1.35 bits per heavy atom. The maximum atomic E-state index is 10.7. The molecule has 0 bridgehead atoms. The fourth-order valence-electron chi connectivity index (χ4n) is 5.30. The van der Waals surface area contributed by atoms with Gasteiger partial charge in [0.1, 0.15) is 72.2 Å². The van der Waals surface area contributed by atoms with E-state index in [9.17, 15) is 56.2 Å². The molecule has 0 aromatic heterocycles. The molecule has 0 radical (unpaired) electrons. The number of phenolic OH excluding ortho intramolecular Hbond substituents is 4. The van der Waals surface area contributed by atoms with Gasteiger partial charge in [0.2, 0.25) is 0 Å². The molecule has 16 nitrogen and oxygen atoms in total. The van der Waals surface area contributed by atoms with E-state index >= 15 is 0 Å². The van der Waals surface area contributed by atoms with Crippen LogP contribution in [0.25, 0.3) is 0 Å². The fraction of sp³-hybridized carbons (Fsp3) is 0.556. The van der Waals surface area contributed by atoms with Gasteiger partial charge in [-0.2, -0.15) is 0 Å². The molecule has 238 valence electrons. The number of benzene rings is 2. The minimum Gasteiger partial charge on any atom is -0.508 e. The smallest absolute Gasteiger partial charge is 0.187 e. The molecular formula is C27H34O16. The standard InChI is InChI=1S/C27H34O16/c28-7-17-19(33)21(35)23(37)26(42-17)39-8-18-20(34)22(36)24(38)27(43-18)41-16-6-11-13(31)4-10(29)5-15(11)40-25(16)9-1-2-12(30)14(32)3-9/h1-5,16-38H,6-8H2/t16-,17-,18-,19-,20-,21+,22+,23-,24-,25+,26+,27-/m1/s1. The van der Waals surface area contributed by atoms with Crippen LogP contribution in [0.5, 0.6) is 28.7 Å². The summed E-state index contributed by atoms with van der Waals surface area (Å²) in [5.74, 6) is -1.38. The third kappa shape index (κ3) is 6.17. The zero-order valence-electron chi connectivity index (χ0n) is 22.4. The summed E-state index contributed by atoms with van der Waals surface area (Å²) in [6.45, 7) is -1.28. The topological polar surface area (TPSA) is 269 Å². The summed E-state index contributed by atoms with van der Waals surface area (Å²) in [5.41, 5.74) is 0.526. The minimum absolute atomic E-state index is 0.0784. The monoisotopic (exact) mass is 614 g/mol. The summed E-state index contributed by atoms with van der Waals surface area (Å²) < 4.78 is 28.5. The molecular weight excluding hydrogens is 580 g/mol. The van der Waals surface area contributed by atoms with Crippen molar-refractivity contribution >= 4 is 0 Å². The van der Waals surface area contributed by atoms with Crippen LogP contribution in [0.1, 0.15) is 17.2 Å². The molecule has 12 atom stereocenters. The molecule has 2 aromatic carbocycles. The first kappa shape index (κ1) is 31.4. The Morgan fingerprint density at radius 3 is 2.02 bits per heavy atom. The molecule has 0 unspecified atom stereocenters. The highest BCUT2D eigenvalue weighted by Crippen LogP contribution is 2.44. The number of rotatable bonds is 7. The molecule has 3 aliphatic heterocycles. The second-order valence-electron chi connectivity index (χ2n) is 10.7. The van der Waals surface area contributed by atoms with Gasteiger partial charge in [-0.05, 0) is 17.7 Å². The largest absolute Gasteiger partial charge is 0.508 e. The Labute approximate surface area is 243 Å². The molecule has 2 saturated heterocycles. The Bertz CT molecular complexity index is 1270. The highest BCUT2D eigenvalue weighted by Gasteiger charge is 2.49. The van der Waals surface area contributed by atoms with Crippen molar-refractivity contribution in [3.8, 4) is 28.7 Å². The molecule has 5 rings (SSSR count). The van der Waals surface area contributed by atoms with E-state index < -0.39 is 98.3 Å². The number of fused-ring (bicyclic) bond motifs is 1. The third-order valence-corrected chi connectivity index (χ3v) is 7.75. The number of ether oxygens (including phenoxy) is 5. The van der Waals surface area contributed by atoms with Crippen LogP contribution in [0.3, 0.4) is 0 Å². The van der Waals surface area contributed by atoms with Crippen molar-refractivity contribution in [3.63, 3.8) is 0 Å². The van der Waals surface area contributed by atoms with Crippen molar-refractivity contribution in [2.24, 2.45) is 0 Å². The maximum absolute atomic E-state index is 10.7. The SMILES string of the molecule is OC[C@H]1O[C@H](OC[C@H]2O[C@@H](O[C@@H]3Cc4c(O)cc(O)cc4O[C@H]3c3ccc(O)c(O)c3)[C@H](O)[C@@H](O)[C@@H]2O)[C@H](O)[C@@H](O)[C@@H]1O. The van der Waals surface area contributed by atoms with E-state index in [1.807, 2.05) is 0 Å². The number of phenols is 4. The van der Waals surface area contributed by atoms with E-state index in [2.05, 4.69) is 0 Å². The molecule has 2 fully saturated rings. The first-order valence-electron chi connectivity index (χ1n) is 13.4. The van der Waals surface area contributed by atoms with Gasteiger partial charge in [0, 0.05) is 24.1 Å². The highest BCUT2D eigenvalue weighted by atomic mass is 16.7. The predicted octanol–water partition coefficient (Wildman–Crippen LogP) is -2.81. The number of hydrogen-bond donors (Lipinski definition) is 11. The van der Waals surface area contributed by atoms with Crippen LogP contribution in [0.15, 0.2) is 30.3 Å². The predicted molar refractivity (Wildman–Crippen MR) is 138 cm³/mol. The van der Waals surface area contributed by atoms with Gasteiger partial charge in [-0.25, -0.2) is 0 Å². The number of aromatic hydroxyl groups is 4. The Kier molecular flexibility index (Phi) is 9.17. The average molecular weight is 615 g/mol. The maximum Gasteiger partial charge on any atom is 0.187 e. The molecule has 11 N–H and O–H groups in total. The molecule has 3 heterocycles. The number of aliphatic hydroxyl groups excluding tert-OH is 7. The van der Waals surface area contributed by atoms with Crippen LogP contribution >= 0.6 is 0 Å². The van der Waals surface area contributed by atoms with Gasteiger partial charge in [0.05, 0.1) is 13.2 Å². The molecule has 16 heteroatoms. The summed E-state index contributed by atoms with van der Waals surface area (Å²) >= 11 is 0. The van der Waals surface area contributed by atoms with Crippen molar-refractivity contribution in [1.82, 2.24) is 0 Å². The van der Waals surface area contributed by atoms with Gasteiger partial charge in [0.15, 0.2) is 30.2 Å². The van der Waals surface area contributed by atoms with Gasteiger partial charge in [-0.1, -0.05) is 6.07 Å². The number of hydrogen-bond acceptors (Lipinski definition) is 16. The van der Waals surface area contributed by atoms with Crippen LogP contribution in [0.2, 0.25) is 0 Å². The van der Waals surface area contributed by atoms with Gasteiger partial charge in [-0.15, -0.1) is 0 Å². The van der Waals surface area contributed by atoms with Gasteiger partial charge >= 0.3 is 0 Å². The molecule has 0 amide bonds. The number of aliphatic hydroxyl groups is 7. The van der Waals surface area contributed by atoms with Gasteiger partial charge < -0.3 is 79.9 Å². The first-order valence-corrected chi connectivity index (χ1v) is 13.4. The quantitative estimate of drug-likeness (QED) is 0.141. The average Bonchev–Trinajstić information content (AvgIpc) is 2.97. The van der Waals surface area contributed by atoms with Crippen LogP contribution in [-0.2, 0) is 25.4 Å². The molecule has 43 heavy (non-hydrogen) atoms. The third-order valence-electron chi connectivity index (χ3n) is 7.75. The minimum atomic E-state index is -1.82. The molecule has 2 aromatic rings. The summed E-state index contributed by atoms with van der Waals surface area (Å²) in [6.07, 6.45) is -18.5. The zero-order chi connectivity index (χ0) is 31.2. The summed E-state index contributed by atoms with van der Waals surface area (Å²) in [6, 6.07) is 6.19. The molecule has 0 aliphatic carbocycles. The lowest BCUT2D eigenvalue weighted by Crippen LogP contribution is -2.62. The van der Waals surface area contributed by atoms with Gasteiger partial charge in [-0.3, -0.25) is 0 Å². The van der Waals surface area contributed by atoms with Crippen molar-refractivity contribution in [1.29, 1.82) is 0 Å². The normalized spacial score (nSPS) is 37.8. The van der Waals surface area contributed by atoms with Gasteiger partial charge in [0.25, 0.3) is 0 Å². The lowest BCUT2D eigenvalue weighted by Gasteiger charge is -2.44. The Balaban J connectivity index is 1.36. The van der Waals surface area contributed by atoms with Crippen molar-refractivity contribution in [3.05, 3.63) is 41.5 Å². The van der Waals surface area contributed by atoms with Crippen LogP contribution in [-0.4, -0.2) is 137 Å². The summed E-state index contributed by atoms with van der Waals surface area (Å²) in [4.78, 5) is 0. The summed E-state index contributed by atoms with van der Waals surface area (Å²) in [5, 5.41) is 112. The van der Waals surface area contributed by atoms with E-state index in [0.717, 1.165) is 6.07 Å². The van der Waals surface area contributed by atoms with Crippen LogP contribution < -0.4 is 4.74 Å². The molecule has 0 spiro atoms. The van der Waals surface area contributed by atoms with E-state index in [0.29, 0.717) is 5.56 Å². The van der Waals surface area contributed by atoms with Crippen LogP contribution in [0.4, 0.5) is 0 Å². The lowest BCUT2D eigenvalue weighted by molar-refractivity contribution is -0.338. The summed E-state index contributed by atoms with van der Waals surface area (Å²) in [7, 11) is 0. The second kappa shape index (κ2) is 12.5. The van der Waals surface area contributed by atoms with E-state index in [1.165, 1.54) is 24.3 Å².